The Labute approximate surface area is 269 Å². The molecular weight excluding hydrogens is 590 g/mol. The highest BCUT2D eigenvalue weighted by molar-refractivity contribution is 5.93. The van der Waals surface area contributed by atoms with Crippen molar-refractivity contribution in [2.24, 2.45) is 0 Å². The van der Waals surface area contributed by atoms with Crippen molar-refractivity contribution < 1.29 is 38.5 Å². The fraction of sp³-hybridized carbons (Fsp3) is 0.371. The zero-order valence-electron chi connectivity index (χ0n) is 26.8. The van der Waals surface area contributed by atoms with E-state index in [1.807, 2.05) is 60.7 Å². The standard InChI is InChI=1S/C35H43N3O8/c1-23(39)30(33(42)44-5)38-32(41)28(21-25-16-18-27(19-17-25)45-22-26-14-10-7-11-15-26)36-31(40)29(20-24-12-8-6-9-13-24)37-34(43)46-35(2,3)4/h6-19,23,28-30,39H,20-22H2,1-5H3,(H,36,40)(H,37,43)(H,38,41). The summed E-state index contributed by atoms with van der Waals surface area (Å²) >= 11 is 0. The van der Waals surface area contributed by atoms with Crippen LogP contribution < -0.4 is 20.7 Å². The lowest BCUT2D eigenvalue weighted by Crippen LogP contribution is -2.58. The van der Waals surface area contributed by atoms with Gasteiger partial charge in [-0.3, -0.25) is 9.59 Å². The van der Waals surface area contributed by atoms with Gasteiger partial charge < -0.3 is 35.3 Å². The van der Waals surface area contributed by atoms with Gasteiger partial charge in [0.1, 0.15) is 30.0 Å². The van der Waals surface area contributed by atoms with E-state index in [9.17, 15) is 24.3 Å². The summed E-state index contributed by atoms with van der Waals surface area (Å²) < 4.78 is 16.0. The first-order valence-electron chi connectivity index (χ1n) is 15.0. The topological polar surface area (TPSA) is 152 Å². The number of esters is 1. The molecule has 0 aliphatic heterocycles. The van der Waals surface area contributed by atoms with E-state index in [-0.39, 0.29) is 12.8 Å². The Morgan fingerprint density at radius 1 is 0.717 bits per heavy atom. The van der Waals surface area contributed by atoms with Crippen molar-refractivity contribution in [3.05, 3.63) is 102 Å². The third-order valence-electron chi connectivity index (χ3n) is 6.77. The highest BCUT2D eigenvalue weighted by atomic mass is 16.6. The zero-order valence-corrected chi connectivity index (χ0v) is 26.8. The second-order valence-electron chi connectivity index (χ2n) is 11.8. The minimum absolute atomic E-state index is 0.0226. The molecule has 0 bridgehead atoms. The summed E-state index contributed by atoms with van der Waals surface area (Å²) in [5.74, 6) is -1.61. The van der Waals surface area contributed by atoms with Crippen molar-refractivity contribution in [1.82, 2.24) is 16.0 Å². The molecule has 0 radical (unpaired) electrons. The molecular formula is C35H43N3O8. The number of rotatable bonds is 14. The van der Waals surface area contributed by atoms with Crippen LogP contribution in [-0.4, -0.2) is 65.9 Å². The number of ether oxygens (including phenoxy) is 3. The number of hydrogen-bond acceptors (Lipinski definition) is 8. The highest BCUT2D eigenvalue weighted by Crippen LogP contribution is 2.16. The number of alkyl carbamates (subject to hydrolysis) is 1. The number of amides is 3. The molecule has 4 unspecified atom stereocenters. The molecule has 0 aromatic heterocycles. The Morgan fingerprint density at radius 2 is 1.22 bits per heavy atom. The maximum atomic E-state index is 13.7. The number of hydrogen-bond donors (Lipinski definition) is 4. The van der Waals surface area contributed by atoms with Gasteiger partial charge in [0.15, 0.2) is 6.04 Å². The van der Waals surface area contributed by atoms with E-state index in [4.69, 9.17) is 14.2 Å². The summed E-state index contributed by atoms with van der Waals surface area (Å²) in [6, 6.07) is 22.1. The molecule has 0 heterocycles. The van der Waals surface area contributed by atoms with Crippen LogP contribution in [0.1, 0.15) is 44.4 Å². The minimum Gasteiger partial charge on any atom is -0.489 e. The molecule has 11 heteroatoms. The molecule has 0 saturated carbocycles. The van der Waals surface area contributed by atoms with Crippen LogP contribution in [0.2, 0.25) is 0 Å². The average Bonchev–Trinajstić information content (AvgIpc) is 3.02. The maximum absolute atomic E-state index is 13.7. The summed E-state index contributed by atoms with van der Waals surface area (Å²) in [4.78, 5) is 52.2. The number of nitrogens with one attached hydrogen (secondary N) is 3. The lowest BCUT2D eigenvalue weighted by atomic mass is 10.0. The number of carbonyl (C=O) groups excluding carboxylic acids is 4. The number of benzene rings is 3. The van der Waals surface area contributed by atoms with E-state index < -0.39 is 53.7 Å². The van der Waals surface area contributed by atoms with Gasteiger partial charge in [-0.15, -0.1) is 0 Å². The van der Waals surface area contributed by atoms with Gasteiger partial charge in [-0.05, 0) is 56.5 Å². The fourth-order valence-electron chi connectivity index (χ4n) is 4.45. The van der Waals surface area contributed by atoms with E-state index in [1.54, 1.807) is 45.0 Å². The quantitative estimate of drug-likeness (QED) is 0.197. The molecule has 246 valence electrons. The van der Waals surface area contributed by atoms with Gasteiger partial charge in [-0.1, -0.05) is 72.8 Å². The summed E-state index contributed by atoms with van der Waals surface area (Å²) in [6.07, 6.45) is -1.93. The first-order valence-corrected chi connectivity index (χ1v) is 15.0. The monoisotopic (exact) mass is 633 g/mol. The number of methoxy groups -OCH3 is 1. The highest BCUT2D eigenvalue weighted by Gasteiger charge is 2.33. The summed E-state index contributed by atoms with van der Waals surface area (Å²) in [7, 11) is 1.14. The largest absolute Gasteiger partial charge is 0.489 e. The van der Waals surface area contributed by atoms with Gasteiger partial charge in [0, 0.05) is 12.8 Å². The first kappa shape index (κ1) is 35.6. The van der Waals surface area contributed by atoms with Crippen molar-refractivity contribution in [2.75, 3.05) is 7.11 Å². The van der Waals surface area contributed by atoms with Crippen LogP contribution in [-0.2, 0) is 43.3 Å². The molecule has 0 saturated heterocycles. The Bertz CT molecular complexity index is 1420. The maximum Gasteiger partial charge on any atom is 0.408 e. The SMILES string of the molecule is COC(=O)C(NC(=O)C(Cc1ccc(OCc2ccccc2)cc1)NC(=O)C(Cc1ccccc1)NC(=O)OC(C)(C)C)C(C)O. The normalized spacial score (nSPS) is 13.7. The van der Waals surface area contributed by atoms with E-state index in [1.165, 1.54) is 6.92 Å². The minimum atomic E-state index is -1.37. The lowest BCUT2D eigenvalue weighted by Gasteiger charge is -2.27. The number of carbonyl (C=O) groups is 4. The Balaban J connectivity index is 1.83. The Morgan fingerprint density at radius 3 is 1.74 bits per heavy atom. The van der Waals surface area contributed by atoms with Gasteiger partial charge in [-0.2, -0.15) is 0 Å². The third-order valence-corrected chi connectivity index (χ3v) is 6.77. The molecule has 3 rings (SSSR count). The predicted octanol–water partition coefficient (Wildman–Crippen LogP) is 3.47. The molecule has 0 aliphatic carbocycles. The summed E-state index contributed by atoms with van der Waals surface area (Å²) in [6.45, 7) is 6.83. The second-order valence-corrected chi connectivity index (χ2v) is 11.8. The van der Waals surface area contributed by atoms with Crippen LogP contribution in [0.3, 0.4) is 0 Å². The number of aliphatic hydroxyl groups excluding tert-OH is 1. The van der Waals surface area contributed by atoms with Crippen LogP contribution in [0.25, 0.3) is 0 Å². The van der Waals surface area contributed by atoms with Crippen LogP contribution in [0, 0.1) is 0 Å². The van der Waals surface area contributed by atoms with Crippen molar-refractivity contribution in [3.63, 3.8) is 0 Å². The lowest BCUT2D eigenvalue weighted by molar-refractivity contribution is -0.148. The van der Waals surface area contributed by atoms with Crippen LogP contribution in [0.4, 0.5) is 4.79 Å². The van der Waals surface area contributed by atoms with Crippen molar-refractivity contribution in [1.29, 1.82) is 0 Å². The predicted molar refractivity (Wildman–Crippen MR) is 172 cm³/mol. The molecule has 46 heavy (non-hydrogen) atoms. The molecule has 3 aromatic carbocycles. The van der Waals surface area contributed by atoms with Crippen molar-refractivity contribution in [2.45, 2.75) is 77.0 Å². The van der Waals surface area contributed by atoms with Gasteiger partial charge in [0.2, 0.25) is 11.8 Å². The Kier molecular flexibility index (Phi) is 13.1. The molecule has 0 spiro atoms. The third kappa shape index (κ3) is 11.9. The number of aliphatic hydroxyl groups is 1. The second kappa shape index (κ2) is 17.0. The van der Waals surface area contributed by atoms with Crippen molar-refractivity contribution >= 4 is 23.9 Å². The summed E-state index contributed by atoms with van der Waals surface area (Å²) in [5, 5.41) is 18.0. The molecule has 4 atom stereocenters. The summed E-state index contributed by atoms with van der Waals surface area (Å²) in [5.41, 5.74) is 1.65. The molecule has 0 fully saturated rings. The molecule has 11 nitrogen and oxygen atoms in total. The molecule has 3 amide bonds. The average molecular weight is 634 g/mol. The van der Waals surface area contributed by atoms with Gasteiger partial charge in [-0.25, -0.2) is 9.59 Å². The van der Waals surface area contributed by atoms with Gasteiger partial charge >= 0.3 is 12.1 Å². The van der Waals surface area contributed by atoms with E-state index in [2.05, 4.69) is 16.0 Å². The van der Waals surface area contributed by atoms with E-state index in [0.29, 0.717) is 17.9 Å². The van der Waals surface area contributed by atoms with Crippen LogP contribution in [0.5, 0.6) is 5.75 Å². The molecule has 0 aliphatic rings. The van der Waals surface area contributed by atoms with Crippen LogP contribution in [0.15, 0.2) is 84.9 Å². The van der Waals surface area contributed by atoms with Crippen molar-refractivity contribution in [3.8, 4) is 5.75 Å². The van der Waals surface area contributed by atoms with Crippen LogP contribution >= 0.6 is 0 Å². The van der Waals surface area contributed by atoms with Gasteiger partial charge in [0.25, 0.3) is 0 Å². The zero-order chi connectivity index (χ0) is 33.7. The molecule has 4 N–H and O–H groups in total. The first-order chi connectivity index (χ1) is 21.8. The van der Waals surface area contributed by atoms with E-state index in [0.717, 1.165) is 18.2 Å². The smallest absolute Gasteiger partial charge is 0.408 e. The molecule has 3 aromatic rings. The fourth-order valence-corrected chi connectivity index (χ4v) is 4.45. The Hall–Kier alpha value is -4.90. The van der Waals surface area contributed by atoms with Gasteiger partial charge in [0.05, 0.1) is 13.2 Å². The van der Waals surface area contributed by atoms with E-state index >= 15 is 0 Å².